The fourth-order valence-electron chi connectivity index (χ4n) is 2.76. The lowest BCUT2D eigenvalue weighted by atomic mass is 10.1. The van der Waals surface area contributed by atoms with Crippen LogP contribution in [-0.2, 0) is 4.79 Å². The Hall–Kier alpha value is -3.31. The molecule has 0 heterocycles. The summed E-state index contributed by atoms with van der Waals surface area (Å²) in [5.74, 6) is -0.274. The zero-order valence-corrected chi connectivity index (χ0v) is 16.9. The third-order valence-electron chi connectivity index (χ3n) is 4.49. The Bertz CT molecular complexity index is 1050. The Labute approximate surface area is 174 Å². The van der Waals surface area contributed by atoms with E-state index in [1.165, 1.54) is 0 Å². The van der Waals surface area contributed by atoms with Crippen LogP contribution in [0, 0.1) is 13.8 Å². The van der Waals surface area contributed by atoms with Crippen LogP contribution >= 0.6 is 11.6 Å². The van der Waals surface area contributed by atoms with E-state index in [1.54, 1.807) is 48.5 Å². The Balaban J connectivity index is 1.69. The van der Waals surface area contributed by atoms with Crippen LogP contribution < -0.4 is 15.4 Å². The fraction of sp³-hybridized carbons (Fsp3) is 0.130. The molecule has 0 spiro atoms. The lowest BCUT2D eigenvalue weighted by Crippen LogP contribution is -2.23. The molecule has 148 valence electrons. The van der Waals surface area contributed by atoms with Gasteiger partial charge < -0.3 is 15.4 Å². The highest BCUT2D eigenvalue weighted by Crippen LogP contribution is 2.24. The van der Waals surface area contributed by atoms with Crippen LogP contribution in [-0.4, -0.2) is 18.4 Å². The van der Waals surface area contributed by atoms with Crippen molar-refractivity contribution in [2.45, 2.75) is 13.8 Å². The lowest BCUT2D eigenvalue weighted by molar-refractivity contribution is -0.118. The zero-order chi connectivity index (χ0) is 20.8. The van der Waals surface area contributed by atoms with Gasteiger partial charge in [0.1, 0.15) is 5.75 Å². The minimum atomic E-state index is -0.392. The molecule has 3 aromatic rings. The van der Waals surface area contributed by atoms with Gasteiger partial charge in [-0.15, -0.1) is 0 Å². The molecule has 0 saturated carbocycles. The van der Waals surface area contributed by atoms with Crippen molar-refractivity contribution in [1.82, 2.24) is 0 Å². The van der Waals surface area contributed by atoms with Crippen LogP contribution in [0.3, 0.4) is 0 Å². The van der Waals surface area contributed by atoms with E-state index in [-0.39, 0.29) is 12.5 Å². The molecule has 6 heteroatoms. The summed E-state index contributed by atoms with van der Waals surface area (Å²) in [5, 5.41) is 6.06. The van der Waals surface area contributed by atoms with Gasteiger partial charge in [-0.2, -0.15) is 0 Å². The monoisotopic (exact) mass is 408 g/mol. The van der Waals surface area contributed by atoms with E-state index < -0.39 is 5.91 Å². The van der Waals surface area contributed by atoms with Gasteiger partial charge in [-0.3, -0.25) is 9.59 Å². The third kappa shape index (κ3) is 5.15. The van der Waals surface area contributed by atoms with Crippen molar-refractivity contribution >= 4 is 34.8 Å². The number of nitrogens with one attached hydrogen (secondary N) is 2. The number of hydrogen-bond donors (Lipinski definition) is 2. The van der Waals surface area contributed by atoms with Crippen LogP contribution in [0.4, 0.5) is 11.4 Å². The average Bonchev–Trinajstić information content (AvgIpc) is 2.71. The highest BCUT2D eigenvalue weighted by molar-refractivity contribution is 6.32. The summed E-state index contributed by atoms with van der Waals surface area (Å²) in [6.45, 7) is 3.71. The van der Waals surface area contributed by atoms with Crippen molar-refractivity contribution < 1.29 is 14.3 Å². The second-order valence-corrected chi connectivity index (χ2v) is 6.92. The predicted octanol–water partition coefficient (Wildman–Crippen LogP) is 5.23. The fourth-order valence-corrected chi connectivity index (χ4v) is 2.95. The first-order valence-electron chi connectivity index (χ1n) is 9.09. The number of rotatable bonds is 6. The molecular weight excluding hydrogens is 388 g/mol. The summed E-state index contributed by atoms with van der Waals surface area (Å²) in [6, 6.07) is 19.5. The van der Waals surface area contributed by atoms with Gasteiger partial charge in [0.25, 0.3) is 11.8 Å². The van der Waals surface area contributed by atoms with Crippen LogP contribution in [0.5, 0.6) is 5.75 Å². The van der Waals surface area contributed by atoms with Gasteiger partial charge in [0.15, 0.2) is 6.61 Å². The summed E-state index contributed by atoms with van der Waals surface area (Å²) in [6.07, 6.45) is 0. The molecule has 2 amide bonds. The number of carbonyl (C=O) groups excluding carboxylic acids is 2. The Morgan fingerprint density at radius 2 is 1.55 bits per heavy atom. The number of anilines is 2. The number of amides is 2. The highest BCUT2D eigenvalue weighted by atomic mass is 35.5. The molecule has 0 saturated heterocycles. The molecule has 0 aliphatic rings. The number of aryl methyl sites for hydroxylation is 1. The number of hydrogen-bond acceptors (Lipinski definition) is 3. The van der Waals surface area contributed by atoms with Crippen molar-refractivity contribution in [1.29, 1.82) is 0 Å². The largest absolute Gasteiger partial charge is 0.482 e. The van der Waals surface area contributed by atoms with E-state index >= 15 is 0 Å². The molecule has 0 aromatic heterocycles. The van der Waals surface area contributed by atoms with Crippen molar-refractivity contribution in [2.24, 2.45) is 0 Å². The maximum Gasteiger partial charge on any atom is 0.262 e. The van der Waals surface area contributed by atoms with Gasteiger partial charge in [0.05, 0.1) is 16.3 Å². The summed E-state index contributed by atoms with van der Waals surface area (Å²) in [7, 11) is 0. The summed E-state index contributed by atoms with van der Waals surface area (Å²) in [5.41, 5.74) is 3.58. The second-order valence-electron chi connectivity index (χ2n) is 6.51. The molecule has 0 aliphatic heterocycles. The standard InChI is InChI=1S/C23H21ClN2O3/c1-15-8-7-12-19(16(15)2)26-23(28)17-9-3-5-11-20(17)25-22(27)14-29-21-13-6-4-10-18(21)24/h3-13H,14H2,1-2H3,(H,25,27)(H,26,28). The van der Waals surface area contributed by atoms with Crippen LogP contribution in [0.25, 0.3) is 0 Å². The molecule has 0 atom stereocenters. The van der Waals surface area contributed by atoms with Gasteiger partial charge in [-0.05, 0) is 55.3 Å². The average molecular weight is 409 g/mol. The van der Waals surface area contributed by atoms with Gasteiger partial charge in [-0.25, -0.2) is 0 Å². The molecule has 29 heavy (non-hydrogen) atoms. The number of carbonyl (C=O) groups is 2. The molecule has 3 aromatic carbocycles. The van der Waals surface area contributed by atoms with E-state index in [0.29, 0.717) is 22.0 Å². The smallest absolute Gasteiger partial charge is 0.262 e. The van der Waals surface area contributed by atoms with Crippen molar-refractivity contribution in [3.8, 4) is 5.75 Å². The minimum Gasteiger partial charge on any atom is -0.482 e. The Morgan fingerprint density at radius 3 is 2.34 bits per heavy atom. The van der Waals surface area contributed by atoms with Crippen molar-refractivity contribution in [3.63, 3.8) is 0 Å². The molecule has 0 aliphatic carbocycles. The lowest BCUT2D eigenvalue weighted by Gasteiger charge is -2.14. The SMILES string of the molecule is Cc1cccc(NC(=O)c2ccccc2NC(=O)COc2ccccc2Cl)c1C. The van der Waals surface area contributed by atoms with E-state index in [0.717, 1.165) is 16.8 Å². The topological polar surface area (TPSA) is 67.4 Å². The van der Waals surface area contributed by atoms with Crippen LogP contribution in [0.15, 0.2) is 66.7 Å². The number of benzene rings is 3. The normalized spacial score (nSPS) is 10.3. The van der Waals surface area contributed by atoms with Gasteiger partial charge in [-0.1, -0.05) is 48.0 Å². The van der Waals surface area contributed by atoms with E-state index in [4.69, 9.17) is 16.3 Å². The van der Waals surface area contributed by atoms with E-state index in [2.05, 4.69) is 10.6 Å². The minimum absolute atomic E-state index is 0.226. The highest BCUT2D eigenvalue weighted by Gasteiger charge is 2.15. The second kappa shape index (κ2) is 9.26. The third-order valence-corrected chi connectivity index (χ3v) is 4.81. The van der Waals surface area contributed by atoms with Crippen molar-refractivity contribution in [3.05, 3.63) is 88.4 Å². The van der Waals surface area contributed by atoms with Gasteiger partial charge >= 0.3 is 0 Å². The van der Waals surface area contributed by atoms with Crippen LogP contribution in [0.1, 0.15) is 21.5 Å². The van der Waals surface area contributed by atoms with Crippen molar-refractivity contribution in [2.75, 3.05) is 17.2 Å². The first-order chi connectivity index (χ1) is 14.0. The molecule has 3 rings (SSSR count). The number of halogens is 1. The summed E-state index contributed by atoms with van der Waals surface area (Å²) >= 11 is 6.03. The molecule has 0 radical (unpaired) electrons. The molecule has 0 fully saturated rings. The predicted molar refractivity (Wildman–Crippen MR) is 116 cm³/mol. The maximum absolute atomic E-state index is 12.8. The van der Waals surface area contributed by atoms with E-state index in [9.17, 15) is 9.59 Å². The molecule has 0 unspecified atom stereocenters. The Kier molecular flexibility index (Phi) is 6.52. The first kappa shape index (κ1) is 20.4. The summed E-state index contributed by atoms with van der Waals surface area (Å²) in [4.78, 5) is 25.1. The quantitative estimate of drug-likeness (QED) is 0.587. The zero-order valence-electron chi connectivity index (χ0n) is 16.2. The van der Waals surface area contributed by atoms with Gasteiger partial charge in [0, 0.05) is 5.69 Å². The summed E-state index contributed by atoms with van der Waals surface area (Å²) < 4.78 is 5.45. The first-order valence-corrected chi connectivity index (χ1v) is 9.47. The van der Waals surface area contributed by atoms with E-state index in [1.807, 2.05) is 32.0 Å². The molecule has 2 N–H and O–H groups in total. The molecular formula is C23H21ClN2O3. The molecule has 5 nitrogen and oxygen atoms in total. The number of ether oxygens (including phenoxy) is 1. The maximum atomic E-state index is 12.8. The van der Waals surface area contributed by atoms with Gasteiger partial charge in [0.2, 0.25) is 0 Å². The molecule has 0 bridgehead atoms. The Morgan fingerprint density at radius 1 is 0.862 bits per heavy atom. The van der Waals surface area contributed by atoms with Crippen LogP contribution in [0.2, 0.25) is 5.02 Å². The number of para-hydroxylation sites is 2.